The number of benzene rings is 1. The van der Waals surface area contributed by atoms with Gasteiger partial charge in [0.15, 0.2) is 0 Å². The molecule has 29 heavy (non-hydrogen) atoms. The Morgan fingerprint density at radius 3 is 2.79 bits per heavy atom. The number of amides is 2. The van der Waals surface area contributed by atoms with Crippen molar-refractivity contribution in [1.82, 2.24) is 15.5 Å². The topological polar surface area (TPSA) is 70.7 Å². The Morgan fingerprint density at radius 1 is 1.31 bits per heavy atom. The van der Waals surface area contributed by atoms with Crippen molar-refractivity contribution in [2.75, 3.05) is 32.8 Å². The Bertz CT molecular complexity index is 669. The molecule has 2 N–H and O–H groups in total. The highest BCUT2D eigenvalue weighted by Crippen LogP contribution is 2.31. The van der Waals surface area contributed by atoms with Crippen molar-refractivity contribution < 1.29 is 18.7 Å². The van der Waals surface area contributed by atoms with Crippen LogP contribution in [0.4, 0.5) is 4.39 Å². The van der Waals surface area contributed by atoms with Crippen molar-refractivity contribution in [3.8, 4) is 0 Å². The summed E-state index contributed by atoms with van der Waals surface area (Å²) in [5.41, 5.74) is 0.416. The van der Waals surface area contributed by atoms with Gasteiger partial charge in [-0.3, -0.25) is 14.5 Å². The first-order chi connectivity index (χ1) is 13.9. The van der Waals surface area contributed by atoms with Crippen LogP contribution in [0, 0.1) is 5.82 Å². The lowest BCUT2D eigenvalue weighted by molar-refractivity contribution is -0.122. The van der Waals surface area contributed by atoms with Gasteiger partial charge in [-0.05, 0) is 31.9 Å². The highest BCUT2D eigenvalue weighted by Gasteiger charge is 2.29. The van der Waals surface area contributed by atoms with Crippen molar-refractivity contribution in [3.05, 3.63) is 34.6 Å². The number of unbranched alkanes of at least 4 members (excludes halogenated alkanes) is 2. The maximum Gasteiger partial charge on any atom is 0.220 e. The lowest BCUT2D eigenvalue weighted by atomic mass is 10.0. The molecule has 6 nitrogen and oxygen atoms in total. The predicted molar refractivity (Wildman–Crippen MR) is 111 cm³/mol. The highest BCUT2D eigenvalue weighted by atomic mass is 35.5. The lowest BCUT2D eigenvalue weighted by Crippen LogP contribution is -2.46. The first kappa shape index (κ1) is 23.6. The van der Waals surface area contributed by atoms with E-state index < -0.39 is 0 Å². The van der Waals surface area contributed by atoms with E-state index in [2.05, 4.69) is 15.5 Å². The molecule has 0 spiro atoms. The molecule has 0 bridgehead atoms. The molecular weight excluding hydrogens is 397 g/mol. The number of rotatable bonds is 10. The molecule has 0 unspecified atom stereocenters. The highest BCUT2D eigenvalue weighted by molar-refractivity contribution is 6.31. The first-order valence-corrected chi connectivity index (χ1v) is 10.6. The van der Waals surface area contributed by atoms with E-state index in [0.717, 1.165) is 19.3 Å². The van der Waals surface area contributed by atoms with Crippen LogP contribution < -0.4 is 10.6 Å². The molecule has 2 atom stereocenters. The lowest BCUT2D eigenvalue weighted by Gasteiger charge is -2.38. The first-order valence-electron chi connectivity index (χ1n) is 10.2. The van der Waals surface area contributed by atoms with E-state index in [1.165, 1.54) is 13.0 Å². The monoisotopic (exact) mass is 427 g/mol. The fraction of sp³-hybridized carbons (Fsp3) is 0.619. The summed E-state index contributed by atoms with van der Waals surface area (Å²) < 4.78 is 20.2. The van der Waals surface area contributed by atoms with Crippen LogP contribution in [-0.4, -0.2) is 55.6 Å². The number of nitrogens with one attached hydrogen (secondary N) is 2. The second-order valence-corrected chi connectivity index (χ2v) is 7.83. The van der Waals surface area contributed by atoms with E-state index in [9.17, 15) is 14.0 Å². The van der Waals surface area contributed by atoms with Gasteiger partial charge in [0.05, 0.1) is 18.8 Å². The summed E-state index contributed by atoms with van der Waals surface area (Å²) in [7, 11) is 0. The molecule has 1 fully saturated rings. The van der Waals surface area contributed by atoms with Crippen LogP contribution in [0.1, 0.15) is 51.1 Å². The van der Waals surface area contributed by atoms with Crippen molar-refractivity contribution in [2.24, 2.45) is 0 Å². The van der Waals surface area contributed by atoms with E-state index >= 15 is 0 Å². The van der Waals surface area contributed by atoms with Crippen molar-refractivity contribution >= 4 is 23.4 Å². The largest absolute Gasteiger partial charge is 0.376 e. The second kappa shape index (κ2) is 12.1. The molecule has 1 aliphatic rings. The summed E-state index contributed by atoms with van der Waals surface area (Å²) in [4.78, 5) is 25.2. The van der Waals surface area contributed by atoms with Gasteiger partial charge in [-0.1, -0.05) is 24.1 Å². The van der Waals surface area contributed by atoms with Crippen LogP contribution in [0.5, 0.6) is 0 Å². The Labute approximate surface area is 177 Å². The summed E-state index contributed by atoms with van der Waals surface area (Å²) >= 11 is 6.31. The van der Waals surface area contributed by atoms with E-state index in [1.54, 1.807) is 12.1 Å². The molecule has 162 valence electrons. The average Bonchev–Trinajstić information content (AvgIpc) is 2.66. The molecule has 1 aliphatic heterocycles. The third kappa shape index (κ3) is 7.91. The van der Waals surface area contributed by atoms with Crippen molar-refractivity contribution in [2.45, 2.75) is 51.7 Å². The Kier molecular flexibility index (Phi) is 9.84. The zero-order valence-corrected chi connectivity index (χ0v) is 17.9. The summed E-state index contributed by atoms with van der Waals surface area (Å²) in [5, 5.41) is 6.04. The van der Waals surface area contributed by atoms with Gasteiger partial charge < -0.3 is 15.4 Å². The fourth-order valence-electron chi connectivity index (χ4n) is 3.52. The minimum atomic E-state index is -0.367. The van der Waals surface area contributed by atoms with Gasteiger partial charge in [0.25, 0.3) is 0 Å². The smallest absolute Gasteiger partial charge is 0.220 e. The second-order valence-electron chi connectivity index (χ2n) is 7.43. The van der Waals surface area contributed by atoms with Gasteiger partial charge in [0.2, 0.25) is 11.8 Å². The van der Waals surface area contributed by atoms with Gasteiger partial charge in [-0.15, -0.1) is 0 Å². The molecule has 1 aromatic carbocycles. The number of hydrogen-bond donors (Lipinski definition) is 2. The molecule has 1 saturated heterocycles. The number of hydrogen-bond acceptors (Lipinski definition) is 4. The van der Waals surface area contributed by atoms with Crippen molar-refractivity contribution in [3.63, 3.8) is 0 Å². The van der Waals surface area contributed by atoms with Crippen LogP contribution in [0.3, 0.4) is 0 Å². The number of carbonyl (C=O) groups excluding carboxylic acids is 2. The van der Waals surface area contributed by atoms with Crippen LogP contribution in [0.25, 0.3) is 0 Å². The quantitative estimate of drug-likeness (QED) is 0.563. The normalized spacial score (nSPS) is 18.3. The molecule has 0 saturated carbocycles. The zero-order chi connectivity index (χ0) is 21.2. The van der Waals surface area contributed by atoms with E-state index in [4.69, 9.17) is 16.3 Å². The number of halogens is 2. The zero-order valence-electron chi connectivity index (χ0n) is 17.2. The molecule has 0 radical (unpaired) electrons. The molecule has 2 amide bonds. The van der Waals surface area contributed by atoms with E-state index in [0.29, 0.717) is 43.2 Å². The third-order valence-electron chi connectivity index (χ3n) is 4.99. The third-order valence-corrected chi connectivity index (χ3v) is 5.32. The maximum absolute atomic E-state index is 14.6. The van der Waals surface area contributed by atoms with E-state index in [-0.39, 0.29) is 36.3 Å². The minimum absolute atomic E-state index is 0.0381. The number of carbonyl (C=O) groups is 2. The number of nitrogens with zero attached hydrogens (tertiary/aromatic N) is 1. The van der Waals surface area contributed by atoms with Gasteiger partial charge in [0, 0.05) is 50.1 Å². The molecule has 2 rings (SSSR count). The summed E-state index contributed by atoms with van der Waals surface area (Å²) in [6, 6.07) is 4.31. The Morgan fingerprint density at radius 2 is 2.10 bits per heavy atom. The molecule has 8 heteroatoms. The molecule has 0 aromatic heterocycles. The maximum atomic E-state index is 14.6. The fourth-order valence-corrected chi connectivity index (χ4v) is 3.81. The van der Waals surface area contributed by atoms with Crippen LogP contribution in [-0.2, 0) is 14.3 Å². The number of ether oxygens (including phenoxy) is 1. The summed E-state index contributed by atoms with van der Waals surface area (Å²) in [6.07, 6.45) is 2.88. The van der Waals surface area contributed by atoms with Crippen molar-refractivity contribution in [1.29, 1.82) is 0 Å². The Balaban J connectivity index is 1.91. The Hall–Kier alpha value is -1.70. The van der Waals surface area contributed by atoms with E-state index in [1.807, 2.05) is 6.92 Å². The average molecular weight is 428 g/mol. The molecule has 1 aromatic rings. The minimum Gasteiger partial charge on any atom is -0.376 e. The molecular formula is C21H31ClFN3O3. The van der Waals surface area contributed by atoms with Crippen LogP contribution in [0.15, 0.2) is 18.2 Å². The van der Waals surface area contributed by atoms with Crippen LogP contribution in [0.2, 0.25) is 5.02 Å². The van der Waals surface area contributed by atoms with Gasteiger partial charge in [-0.2, -0.15) is 0 Å². The summed E-state index contributed by atoms with van der Waals surface area (Å²) in [6.45, 7) is 6.24. The van der Waals surface area contributed by atoms with Gasteiger partial charge in [-0.25, -0.2) is 4.39 Å². The molecule has 1 heterocycles. The predicted octanol–water partition coefficient (Wildman–Crippen LogP) is 3.05. The van der Waals surface area contributed by atoms with Gasteiger partial charge in [0.1, 0.15) is 5.82 Å². The molecule has 0 aliphatic carbocycles. The SMILES string of the molecule is CC(=O)NCCCCCC(=O)NC[C@@H](c1c(F)cccc1Cl)N1CCO[C@@H](C)C1. The van der Waals surface area contributed by atoms with Crippen LogP contribution >= 0.6 is 11.6 Å². The summed E-state index contributed by atoms with van der Waals surface area (Å²) in [5.74, 6) is -0.477. The van der Waals surface area contributed by atoms with Gasteiger partial charge >= 0.3 is 0 Å². The standard InChI is InChI=1S/C21H31ClFN3O3/c1-15-14-26(11-12-29-15)19(21-17(22)7-6-8-18(21)23)13-25-20(28)9-4-3-5-10-24-16(2)27/h6-8,15,19H,3-5,9-14H2,1-2H3,(H,24,27)(H,25,28)/t15-,19-/m0/s1. The number of morpholine rings is 1.